The number of amides is 1. The van der Waals surface area contributed by atoms with Crippen molar-refractivity contribution in [2.24, 2.45) is 0 Å². The number of Topliss-reactive ketones (excluding diaryl/α,β-unsaturated/α-hetero) is 1. The molecular formula is C16H17NO4. The first-order valence-electron chi connectivity index (χ1n) is 6.49. The molecule has 0 saturated heterocycles. The molecule has 0 spiro atoms. The molecule has 1 amide bonds. The van der Waals surface area contributed by atoms with Gasteiger partial charge in [0.05, 0.1) is 26.3 Å². The normalized spacial score (nSPS) is 10.2. The van der Waals surface area contributed by atoms with Crippen molar-refractivity contribution in [3.05, 3.63) is 30.3 Å². The second kappa shape index (κ2) is 6.26. The molecule has 2 aromatic carbocycles. The van der Waals surface area contributed by atoms with Crippen molar-refractivity contribution in [3.63, 3.8) is 0 Å². The fourth-order valence-corrected chi connectivity index (χ4v) is 2.22. The quantitative estimate of drug-likeness (QED) is 0.859. The van der Waals surface area contributed by atoms with Gasteiger partial charge in [-0.1, -0.05) is 24.3 Å². The van der Waals surface area contributed by atoms with E-state index in [-0.39, 0.29) is 18.1 Å². The van der Waals surface area contributed by atoms with Crippen LogP contribution in [0.4, 0.5) is 5.69 Å². The van der Waals surface area contributed by atoms with Crippen LogP contribution in [0.1, 0.15) is 13.3 Å². The van der Waals surface area contributed by atoms with Crippen molar-refractivity contribution in [2.45, 2.75) is 13.3 Å². The van der Waals surface area contributed by atoms with Crippen molar-refractivity contribution < 1.29 is 19.1 Å². The molecule has 21 heavy (non-hydrogen) atoms. The largest absolute Gasteiger partial charge is 0.496 e. The number of nitrogens with one attached hydrogen (secondary N) is 1. The van der Waals surface area contributed by atoms with Gasteiger partial charge in [0, 0.05) is 16.8 Å². The van der Waals surface area contributed by atoms with E-state index >= 15 is 0 Å². The van der Waals surface area contributed by atoms with E-state index in [1.807, 2.05) is 24.3 Å². The Morgan fingerprint density at radius 1 is 1.10 bits per heavy atom. The van der Waals surface area contributed by atoms with Crippen LogP contribution in [0.15, 0.2) is 30.3 Å². The topological polar surface area (TPSA) is 64.6 Å². The van der Waals surface area contributed by atoms with Crippen molar-refractivity contribution >= 4 is 28.2 Å². The molecule has 0 aliphatic carbocycles. The standard InChI is InChI=1S/C16H17NO4/c1-10(18)8-15(19)17-13-9-14(20-2)11-6-4-5-7-12(11)16(13)21-3/h4-7,9H,8H2,1-3H3,(H,17,19). The average Bonchev–Trinajstić information content (AvgIpc) is 2.45. The van der Waals surface area contributed by atoms with E-state index in [2.05, 4.69) is 5.32 Å². The summed E-state index contributed by atoms with van der Waals surface area (Å²) >= 11 is 0. The third-order valence-corrected chi connectivity index (χ3v) is 3.06. The predicted molar refractivity (Wildman–Crippen MR) is 81.0 cm³/mol. The van der Waals surface area contributed by atoms with Gasteiger partial charge in [-0.15, -0.1) is 0 Å². The Balaban J connectivity index is 2.52. The monoisotopic (exact) mass is 287 g/mol. The lowest BCUT2D eigenvalue weighted by Gasteiger charge is -2.15. The van der Waals surface area contributed by atoms with E-state index < -0.39 is 0 Å². The second-order valence-corrected chi connectivity index (χ2v) is 4.63. The first-order valence-corrected chi connectivity index (χ1v) is 6.49. The maximum absolute atomic E-state index is 11.8. The summed E-state index contributed by atoms with van der Waals surface area (Å²) in [5.74, 6) is 0.602. The number of carbonyl (C=O) groups excluding carboxylic acids is 2. The summed E-state index contributed by atoms with van der Waals surface area (Å²) in [6, 6.07) is 9.28. The minimum absolute atomic E-state index is 0.168. The van der Waals surface area contributed by atoms with Gasteiger partial charge in [0.25, 0.3) is 0 Å². The lowest BCUT2D eigenvalue weighted by Crippen LogP contribution is -2.15. The number of hydrogen-bond acceptors (Lipinski definition) is 4. The molecule has 2 rings (SSSR count). The molecule has 0 unspecified atom stereocenters. The van der Waals surface area contributed by atoms with Crippen LogP contribution in [-0.2, 0) is 9.59 Å². The summed E-state index contributed by atoms with van der Waals surface area (Å²) in [7, 11) is 3.10. The van der Waals surface area contributed by atoms with Gasteiger partial charge in [0.2, 0.25) is 5.91 Å². The summed E-state index contributed by atoms with van der Waals surface area (Å²) in [5.41, 5.74) is 0.485. The Kier molecular flexibility index (Phi) is 4.42. The highest BCUT2D eigenvalue weighted by atomic mass is 16.5. The van der Waals surface area contributed by atoms with Crippen molar-refractivity contribution in [1.29, 1.82) is 0 Å². The van der Waals surface area contributed by atoms with Crippen LogP contribution in [0.2, 0.25) is 0 Å². The van der Waals surface area contributed by atoms with Crippen LogP contribution in [-0.4, -0.2) is 25.9 Å². The van der Waals surface area contributed by atoms with E-state index in [1.54, 1.807) is 13.2 Å². The fraction of sp³-hybridized carbons (Fsp3) is 0.250. The van der Waals surface area contributed by atoms with Crippen LogP contribution < -0.4 is 14.8 Å². The molecule has 5 nitrogen and oxygen atoms in total. The highest BCUT2D eigenvalue weighted by Crippen LogP contribution is 2.39. The first-order chi connectivity index (χ1) is 10.1. The molecule has 0 radical (unpaired) electrons. The molecule has 0 aliphatic rings. The van der Waals surface area contributed by atoms with Crippen LogP contribution in [0, 0.1) is 0 Å². The second-order valence-electron chi connectivity index (χ2n) is 4.63. The Morgan fingerprint density at radius 3 is 2.33 bits per heavy atom. The predicted octanol–water partition coefficient (Wildman–Crippen LogP) is 2.77. The SMILES string of the molecule is COc1cc(NC(=O)CC(C)=O)c(OC)c2ccccc12. The van der Waals surface area contributed by atoms with E-state index in [0.717, 1.165) is 10.8 Å². The van der Waals surface area contributed by atoms with Gasteiger partial charge in [-0.2, -0.15) is 0 Å². The number of ketones is 1. The highest BCUT2D eigenvalue weighted by Gasteiger charge is 2.15. The van der Waals surface area contributed by atoms with Gasteiger partial charge < -0.3 is 14.8 Å². The summed E-state index contributed by atoms with van der Waals surface area (Å²) < 4.78 is 10.8. The summed E-state index contributed by atoms with van der Waals surface area (Å²) in [4.78, 5) is 22.8. The molecule has 0 fully saturated rings. The maximum Gasteiger partial charge on any atom is 0.231 e. The smallest absolute Gasteiger partial charge is 0.231 e. The number of ether oxygens (including phenoxy) is 2. The van der Waals surface area contributed by atoms with Gasteiger partial charge in [0.15, 0.2) is 0 Å². The van der Waals surface area contributed by atoms with E-state index in [1.165, 1.54) is 14.0 Å². The van der Waals surface area contributed by atoms with Crippen molar-refractivity contribution in [2.75, 3.05) is 19.5 Å². The molecule has 110 valence electrons. The van der Waals surface area contributed by atoms with E-state index in [4.69, 9.17) is 9.47 Å². The Bertz CT molecular complexity index is 694. The third-order valence-electron chi connectivity index (χ3n) is 3.06. The molecule has 0 heterocycles. The number of anilines is 1. The fourth-order valence-electron chi connectivity index (χ4n) is 2.22. The van der Waals surface area contributed by atoms with E-state index in [9.17, 15) is 9.59 Å². The van der Waals surface area contributed by atoms with Crippen molar-refractivity contribution in [1.82, 2.24) is 0 Å². The number of fused-ring (bicyclic) bond motifs is 1. The zero-order valence-corrected chi connectivity index (χ0v) is 12.2. The number of rotatable bonds is 5. The number of benzene rings is 2. The minimum atomic E-state index is -0.377. The molecule has 0 saturated carbocycles. The molecule has 2 aromatic rings. The lowest BCUT2D eigenvalue weighted by atomic mass is 10.1. The van der Waals surface area contributed by atoms with Crippen LogP contribution in [0.5, 0.6) is 11.5 Å². The molecule has 1 N–H and O–H groups in total. The lowest BCUT2D eigenvalue weighted by molar-refractivity contribution is -0.124. The van der Waals surface area contributed by atoms with Gasteiger partial charge in [-0.3, -0.25) is 9.59 Å². The van der Waals surface area contributed by atoms with Gasteiger partial charge in [-0.05, 0) is 6.92 Å². The zero-order valence-electron chi connectivity index (χ0n) is 12.2. The van der Waals surface area contributed by atoms with Crippen LogP contribution in [0.25, 0.3) is 10.8 Å². The molecular weight excluding hydrogens is 270 g/mol. The van der Waals surface area contributed by atoms with Crippen LogP contribution in [0.3, 0.4) is 0 Å². The molecule has 0 bridgehead atoms. The maximum atomic E-state index is 11.8. The summed E-state index contributed by atoms with van der Waals surface area (Å²) in [6.07, 6.45) is -0.168. The van der Waals surface area contributed by atoms with E-state index in [0.29, 0.717) is 17.2 Å². The number of carbonyl (C=O) groups is 2. The average molecular weight is 287 g/mol. The van der Waals surface area contributed by atoms with Crippen LogP contribution >= 0.6 is 0 Å². The Hall–Kier alpha value is -2.56. The first kappa shape index (κ1) is 14.8. The van der Waals surface area contributed by atoms with Crippen molar-refractivity contribution in [3.8, 4) is 11.5 Å². The van der Waals surface area contributed by atoms with Gasteiger partial charge >= 0.3 is 0 Å². The summed E-state index contributed by atoms with van der Waals surface area (Å²) in [5, 5.41) is 4.42. The molecule has 5 heteroatoms. The molecule has 0 aliphatic heterocycles. The van der Waals surface area contributed by atoms with Gasteiger partial charge in [0.1, 0.15) is 17.3 Å². The Labute approximate surface area is 122 Å². The highest BCUT2D eigenvalue weighted by molar-refractivity contribution is 6.07. The molecule has 0 aromatic heterocycles. The number of methoxy groups -OCH3 is 2. The Morgan fingerprint density at radius 2 is 1.76 bits per heavy atom. The molecule has 0 atom stereocenters. The zero-order chi connectivity index (χ0) is 15.4. The minimum Gasteiger partial charge on any atom is -0.496 e. The number of hydrogen-bond donors (Lipinski definition) is 1. The summed E-state index contributed by atoms with van der Waals surface area (Å²) in [6.45, 7) is 1.37. The third kappa shape index (κ3) is 3.13. The van der Waals surface area contributed by atoms with Gasteiger partial charge in [-0.25, -0.2) is 0 Å².